The van der Waals surface area contributed by atoms with E-state index in [1.807, 2.05) is 6.08 Å². The Morgan fingerprint density at radius 2 is 1.81 bits per heavy atom. The molecule has 0 saturated carbocycles. The van der Waals surface area contributed by atoms with Crippen molar-refractivity contribution in [2.24, 2.45) is 0 Å². The minimum atomic E-state index is 0.226. The van der Waals surface area contributed by atoms with Crippen LogP contribution in [-0.2, 0) is 5.41 Å². The van der Waals surface area contributed by atoms with Gasteiger partial charge in [0.15, 0.2) is 0 Å². The summed E-state index contributed by atoms with van der Waals surface area (Å²) < 4.78 is 0. The first-order valence-electron chi connectivity index (χ1n) is 8.18. The van der Waals surface area contributed by atoms with Crippen LogP contribution < -0.4 is 5.32 Å². The summed E-state index contributed by atoms with van der Waals surface area (Å²) in [6.07, 6.45) is 4.28. The Hall–Kier alpha value is -1.12. The molecule has 0 bridgehead atoms. The van der Waals surface area contributed by atoms with Gasteiger partial charge in [0.1, 0.15) is 0 Å². The third-order valence-electron chi connectivity index (χ3n) is 4.40. The largest absolute Gasteiger partial charge is 0.314 e. The Morgan fingerprint density at radius 3 is 2.33 bits per heavy atom. The molecule has 1 aliphatic heterocycles. The molecule has 1 aromatic carbocycles. The number of allylic oxidation sites excluding steroid dienone is 1. The Labute approximate surface area is 130 Å². The SMILES string of the molecule is C=CCC[C@H](c1ccc(C(C)(C)C)cc1)N1CCNCC1. The maximum absolute atomic E-state index is 3.89. The average molecular weight is 286 g/mol. The van der Waals surface area contributed by atoms with Gasteiger partial charge in [0.05, 0.1) is 0 Å². The molecule has 1 saturated heterocycles. The molecule has 21 heavy (non-hydrogen) atoms. The smallest absolute Gasteiger partial charge is 0.0352 e. The fourth-order valence-corrected chi connectivity index (χ4v) is 3.03. The van der Waals surface area contributed by atoms with Crippen LogP contribution in [0.5, 0.6) is 0 Å². The van der Waals surface area contributed by atoms with Crippen LogP contribution in [0.25, 0.3) is 0 Å². The van der Waals surface area contributed by atoms with Gasteiger partial charge < -0.3 is 5.32 Å². The molecule has 0 aromatic heterocycles. The van der Waals surface area contributed by atoms with E-state index in [1.54, 1.807) is 0 Å². The molecule has 0 unspecified atom stereocenters. The molecule has 0 aliphatic carbocycles. The molecule has 2 rings (SSSR count). The number of nitrogens with zero attached hydrogens (tertiary/aromatic N) is 1. The summed E-state index contributed by atoms with van der Waals surface area (Å²) in [5.41, 5.74) is 3.09. The lowest BCUT2D eigenvalue weighted by molar-refractivity contribution is 0.166. The molecule has 1 heterocycles. The van der Waals surface area contributed by atoms with E-state index in [4.69, 9.17) is 0 Å². The van der Waals surface area contributed by atoms with Crippen molar-refractivity contribution in [3.63, 3.8) is 0 Å². The van der Waals surface area contributed by atoms with Gasteiger partial charge in [0, 0.05) is 32.2 Å². The first-order chi connectivity index (χ1) is 10.0. The van der Waals surface area contributed by atoms with E-state index in [0.717, 1.165) is 32.6 Å². The third-order valence-corrected chi connectivity index (χ3v) is 4.40. The van der Waals surface area contributed by atoms with Gasteiger partial charge in [-0.2, -0.15) is 0 Å². The standard InChI is InChI=1S/C19H30N2/c1-5-6-7-18(21-14-12-20-13-15-21)16-8-10-17(11-9-16)19(2,3)4/h5,8-11,18,20H,1,6-7,12-15H2,2-4H3/t18-/m1/s1. The normalized spacial score (nSPS) is 18.4. The fourth-order valence-electron chi connectivity index (χ4n) is 3.03. The molecule has 2 nitrogen and oxygen atoms in total. The predicted molar refractivity (Wildman–Crippen MR) is 91.8 cm³/mol. The molecule has 1 N–H and O–H groups in total. The number of piperazine rings is 1. The summed E-state index contributed by atoms with van der Waals surface area (Å²) in [6.45, 7) is 15.2. The second-order valence-corrected chi connectivity index (χ2v) is 7.04. The Morgan fingerprint density at radius 1 is 1.19 bits per heavy atom. The molecule has 0 spiro atoms. The Kier molecular flexibility index (Phi) is 5.60. The van der Waals surface area contributed by atoms with Crippen molar-refractivity contribution >= 4 is 0 Å². The van der Waals surface area contributed by atoms with Gasteiger partial charge >= 0.3 is 0 Å². The highest BCUT2D eigenvalue weighted by molar-refractivity contribution is 5.29. The quantitative estimate of drug-likeness (QED) is 0.826. The van der Waals surface area contributed by atoms with Gasteiger partial charge in [-0.3, -0.25) is 4.90 Å². The zero-order chi connectivity index (χ0) is 15.3. The maximum atomic E-state index is 3.89. The first kappa shape index (κ1) is 16.3. The Balaban J connectivity index is 2.17. The minimum Gasteiger partial charge on any atom is -0.314 e. The van der Waals surface area contributed by atoms with Gasteiger partial charge in [-0.25, -0.2) is 0 Å². The van der Waals surface area contributed by atoms with E-state index in [2.05, 4.69) is 61.8 Å². The molecule has 2 heteroatoms. The van der Waals surface area contributed by atoms with Crippen molar-refractivity contribution in [1.82, 2.24) is 10.2 Å². The van der Waals surface area contributed by atoms with Crippen molar-refractivity contribution in [1.29, 1.82) is 0 Å². The van der Waals surface area contributed by atoms with Gasteiger partial charge in [-0.1, -0.05) is 51.1 Å². The Bertz CT molecular complexity index is 436. The zero-order valence-electron chi connectivity index (χ0n) is 13.9. The van der Waals surface area contributed by atoms with Crippen LogP contribution in [0, 0.1) is 0 Å². The fraction of sp³-hybridized carbons (Fsp3) is 0.579. The molecule has 1 fully saturated rings. The van der Waals surface area contributed by atoms with Gasteiger partial charge in [0.25, 0.3) is 0 Å². The van der Waals surface area contributed by atoms with Crippen LogP contribution >= 0.6 is 0 Å². The minimum absolute atomic E-state index is 0.226. The van der Waals surface area contributed by atoms with Gasteiger partial charge in [-0.15, -0.1) is 6.58 Å². The predicted octanol–water partition coefficient (Wildman–Crippen LogP) is 3.90. The molecular weight excluding hydrogens is 256 g/mol. The third kappa shape index (κ3) is 4.42. The second-order valence-electron chi connectivity index (χ2n) is 7.04. The summed E-state index contributed by atoms with van der Waals surface area (Å²) in [5.74, 6) is 0. The molecule has 1 atom stereocenters. The molecule has 1 aromatic rings. The summed E-state index contributed by atoms with van der Waals surface area (Å²) in [5, 5.41) is 3.44. The van der Waals surface area contributed by atoms with Crippen molar-refractivity contribution in [2.75, 3.05) is 26.2 Å². The highest BCUT2D eigenvalue weighted by Gasteiger charge is 2.22. The second kappa shape index (κ2) is 7.24. The first-order valence-corrected chi connectivity index (χ1v) is 8.18. The molecule has 0 amide bonds. The van der Waals surface area contributed by atoms with Crippen molar-refractivity contribution in [2.45, 2.75) is 45.1 Å². The van der Waals surface area contributed by atoms with Crippen LogP contribution in [0.4, 0.5) is 0 Å². The van der Waals surface area contributed by atoms with E-state index >= 15 is 0 Å². The number of benzene rings is 1. The zero-order valence-corrected chi connectivity index (χ0v) is 13.9. The summed E-state index contributed by atoms with van der Waals surface area (Å²) in [6, 6.07) is 9.79. The van der Waals surface area contributed by atoms with E-state index in [0.29, 0.717) is 6.04 Å². The van der Waals surface area contributed by atoms with Gasteiger partial charge in [-0.05, 0) is 29.4 Å². The van der Waals surface area contributed by atoms with Crippen LogP contribution in [0.3, 0.4) is 0 Å². The number of hydrogen-bond donors (Lipinski definition) is 1. The number of hydrogen-bond acceptors (Lipinski definition) is 2. The topological polar surface area (TPSA) is 15.3 Å². The van der Waals surface area contributed by atoms with Crippen molar-refractivity contribution in [3.8, 4) is 0 Å². The van der Waals surface area contributed by atoms with Crippen molar-refractivity contribution < 1.29 is 0 Å². The summed E-state index contributed by atoms with van der Waals surface area (Å²) in [7, 11) is 0. The highest BCUT2D eigenvalue weighted by Crippen LogP contribution is 2.29. The van der Waals surface area contributed by atoms with Crippen LogP contribution in [0.2, 0.25) is 0 Å². The van der Waals surface area contributed by atoms with E-state index in [-0.39, 0.29) is 5.41 Å². The summed E-state index contributed by atoms with van der Waals surface area (Å²) in [4.78, 5) is 2.62. The van der Waals surface area contributed by atoms with E-state index < -0.39 is 0 Å². The lowest BCUT2D eigenvalue weighted by Gasteiger charge is -2.35. The molecule has 0 radical (unpaired) electrons. The lowest BCUT2D eigenvalue weighted by atomic mass is 9.86. The highest BCUT2D eigenvalue weighted by atomic mass is 15.2. The van der Waals surface area contributed by atoms with E-state index in [1.165, 1.54) is 17.5 Å². The number of nitrogens with one attached hydrogen (secondary N) is 1. The number of rotatable bonds is 5. The van der Waals surface area contributed by atoms with Crippen LogP contribution in [0.1, 0.15) is 50.8 Å². The average Bonchev–Trinajstić information content (AvgIpc) is 2.48. The molecule has 1 aliphatic rings. The van der Waals surface area contributed by atoms with Gasteiger partial charge in [0.2, 0.25) is 0 Å². The monoisotopic (exact) mass is 286 g/mol. The van der Waals surface area contributed by atoms with Crippen LogP contribution in [-0.4, -0.2) is 31.1 Å². The van der Waals surface area contributed by atoms with Crippen LogP contribution in [0.15, 0.2) is 36.9 Å². The maximum Gasteiger partial charge on any atom is 0.0352 e. The molecular formula is C19H30N2. The van der Waals surface area contributed by atoms with E-state index in [9.17, 15) is 0 Å². The summed E-state index contributed by atoms with van der Waals surface area (Å²) >= 11 is 0. The lowest BCUT2D eigenvalue weighted by Crippen LogP contribution is -2.45. The molecule has 116 valence electrons. The van der Waals surface area contributed by atoms with Crippen molar-refractivity contribution in [3.05, 3.63) is 48.0 Å².